The molecule has 2 heterocycles. The fourth-order valence-electron chi connectivity index (χ4n) is 2.90. The third-order valence-corrected chi connectivity index (χ3v) is 4.07. The third kappa shape index (κ3) is 4.00. The molecular formula is C18H21N3O. The fourth-order valence-corrected chi connectivity index (χ4v) is 2.90. The molecule has 1 aromatic heterocycles. The maximum absolute atomic E-state index is 10.8. The molecule has 22 heavy (non-hydrogen) atoms. The van der Waals surface area contributed by atoms with Crippen molar-refractivity contribution in [3.8, 4) is 0 Å². The summed E-state index contributed by atoms with van der Waals surface area (Å²) in [6.07, 6.45) is 3.71. The molecule has 1 aliphatic heterocycles. The highest BCUT2D eigenvalue weighted by molar-refractivity contribution is 5.74. The van der Waals surface area contributed by atoms with Gasteiger partial charge in [0.1, 0.15) is 6.29 Å². The number of likely N-dealkylation sites (tertiary alicyclic amines) is 1. The van der Waals surface area contributed by atoms with Gasteiger partial charge in [0.25, 0.3) is 0 Å². The number of aldehydes is 1. The number of pyridine rings is 1. The number of aromatic nitrogens is 1. The van der Waals surface area contributed by atoms with Crippen molar-refractivity contribution in [3.05, 3.63) is 65.5 Å². The first-order valence-corrected chi connectivity index (χ1v) is 7.73. The third-order valence-electron chi connectivity index (χ3n) is 4.07. The van der Waals surface area contributed by atoms with E-state index in [2.05, 4.69) is 45.5 Å². The van der Waals surface area contributed by atoms with Gasteiger partial charge in [-0.05, 0) is 24.1 Å². The van der Waals surface area contributed by atoms with Gasteiger partial charge in [0.05, 0.1) is 5.69 Å². The average molecular weight is 295 g/mol. The predicted octanol–water partition coefficient (Wildman–Crippen LogP) is 2.26. The smallest absolute Gasteiger partial charge is 0.150 e. The first-order valence-electron chi connectivity index (χ1n) is 7.73. The van der Waals surface area contributed by atoms with Crippen molar-refractivity contribution in [2.75, 3.05) is 13.1 Å². The fraction of sp³-hybridized carbons (Fsp3) is 0.333. The maximum Gasteiger partial charge on any atom is 0.150 e. The molecule has 1 atom stereocenters. The first-order chi connectivity index (χ1) is 10.8. The summed E-state index contributed by atoms with van der Waals surface area (Å²) < 4.78 is 0. The average Bonchev–Trinajstić information content (AvgIpc) is 3.01. The Morgan fingerprint density at radius 2 is 2.14 bits per heavy atom. The monoisotopic (exact) mass is 295 g/mol. The van der Waals surface area contributed by atoms with E-state index in [0.717, 1.165) is 38.0 Å². The number of carbonyl (C=O) groups excluding carboxylic acids is 1. The summed E-state index contributed by atoms with van der Waals surface area (Å²) in [5.41, 5.74) is 2.97. The van der Waals surface area contributed by atoms with Gasteiger partial charge in [0.2, 0.25) is 0 Å². The van der Waals surface area contributed by atoms with Crippen LogP contribution in [-0.2, 0) is 13.1 Å². The van der Waals surface area contributed by atoms with Gasteiger partial charge in [-0.2, -0.15) is 0 Å². The number of nitrogens with one attached hydrogen (secondary N) is 1. The van der Waals surface area contributed by atoms with Gasteiger partial charge in [-0.15, -0.1) is 0 Å². The van der Waals surface area contributed by atoms with Gasteiger partial charge < -0.3 is 5.32 Å². The molecule has 114 valence electrons. The molecule has 0 spiro atoms. The zero-order chi connectivity index (χ0) is 15.2. The number of benzene rings is 1. The SMILES string of the molecule is O=Cc1ccnc(CNC2CCN(Cc3ccccc3)C2)c1. The summed E-state index contributed by atoms with van der Waals surface area (Å²) in [4.78, 5) is 17.6. The lowest BCUT2D eigenvalue weighted by Gasteiger charge is -2.16. The van der Waals surface area contributed by atoms with Crippen molar-refractivity contribution in [2.24, 2.45) is 0 Å². The molecular weight excluding hydrogens is 274 g/mol. The number of rotatable bonds is 6. The Labute approximate surface area is 131 Å². The molecule has 1 saturated heterocycles. The van der Waals surface area contributed by atoms with Crippen LogP contribution in [0.5, 0.6) is 0 Å². The predicted molar refractivity (Wildman–Crippen MR) is 86.6 cm³/mol. The molecule has 1 N–H and O–H groups in total. The topological polar surface area (TPSA) is 45.2 Å². The molecule has 0 bridgehead atoms. The molecule has 1 aromatic carbocycles. The van der Waals surface area contributed by atoms with E-state index in [1.165, 1.54) is 5.56 Å². The Hall–Kier alpha value is -2.04. The molecule has 0 amide bonds. The lowest BCUT2D eigenvalue weighted by Crippen LogP contribution is -2.32. The second kappa shape index (κ2) is 7.29. The van der Waals surface area contributed by atoms with Crippen LogP contribution in [0.4, 0.5) is 0 Å². The molecule has 1 aliphatic rings. The molecule has 0 aliphatic carbocycles. The highest BCUT2D eigenvalue weighted by Crippen LogP contribution is 2.14. The normalized spacial score (nSPS) is 18.5. The van der Waals surface area contributed by atoms with E-state index in [1.807, 2.05) is 6.07 Å². The quantitative estimate of drug-likeness (QED) is 0.830. The van der Waals surface area contributed by atoms with Crippen LogP contribution < -0.4 is 5.32 Å². The highest BCUT2D eigenvalue weighted by Gasteiger charge is 2.21. The van der Waals surface area contributed by atoms with E-state index in [4.69, 9.17) is 0 Å². The van der Waals surface area contributed by atoms with Crippen molar-refractivity contribution < 1.29 is 4.79 Å². The highest BCUT2D eigenvalue weighted by atomic mass is 16.1. The van der Waals surface area contributed by atoms with E-state index in [0.29, 0.717) is 18.2 Å². The summed E-state index contributed by atoms with van der Waals surface area (Å²) in [6, 6.07) is 14.7. The van der Waals surface area contributed by atoms with Crippen LogP contribution in [0.3, 0.4) is 0 Å². The van der Waals surface area contributed by atoms with E-state index < -0.39 is 0 Å². The van der Waals surface area contributed by atoms with Crippen LogP contribution in [0.2, 0.25) is 0 Å². The maximum atomic E-state index is 10.8. The van der Waals surface area contributed by atoms with E-state index in [1.54, 1.807) is 12.3 Å². The van der Waals surface area contributed by atoms with Crippen LogP contribution in [0.1, 0.15) is 28.0 Å². The van der Waals surface area contributed by atoms with Crippen molar-refractivity contribution in [1.29, 1.82) is 0 Å². The van der Waals surface area contributed by atoms with Crippen LogP contribution >= 0.6 is 0 Å². The summed E-state index contributed by atoms with van der Waals surface area (Å²) in [5, 5.41) is 3.54. The van der Waals surface area contributed by atoms with Crippen molar-refractivity contribution >= 4 is 6.29 Å². The molecule has 4 nitrogen and oxygen atoms in total. The molecule has 4 heteroatoms. The van der Waals surface area contributed by atoms with Gasteiger partial charge in [0.15, 0.2) is 0 Å². The summed E-state index contributed by atoms with van der Waals surface area (Å²) in [5.74, 6) is 0. The minimum absolute atomic E-state index is 0.491. The van der Waals surface area contributed by atoms with Gasteiger partial charge in [0, 0.05) is 44.0 Å². The van der Waals surface area contributed by atoms with Crippen molar-refractivity contribution in [2.45, 2.75) is 25.6 Å². The van der Waals surface area contributed by atoms with E-state index in [9.17, 15) is 4.79 Å². The van der Waals surface area contributed by atoms with E-state index in [-0.39, 0.29) is 0 Å². The van der Waals surface area contributed by atoms with Crippen LogP contribution in [0, 0.1) is 0 Å². The van der Waals surface area contributed by atoms with Crippen molar-refractivity contribution in [3.63, 3.8) is 0 Å². The molecule has 2 aromatic rings. The lowest BCUT2D eigenvalue weighted by molar-refractivity contribution is 0.112. The largest absolute Gasteiger partial charge is 0.307 e. The number of nitrogens with zero attached hydrogens (tertiary/aromatic N) is 2. The standard InChI is InChI=1S/C18H21N3O/c22-14-16-6-8-19-18(10-16)11-20-17-7-9-21(13-17)12-15-4-2-1-3-5-15/h1-6,8,10,14,17,20H,7,9,11-13H2. The lowest BCUT2D eigenvalue weighted by atomic mass is 10.2. The second-order valence-electron chi connectivity index (χ2n) is 5.79. The van der Waals surface area contributed by atoms with E-state index >= 15 is 0 Å². The Morgan fingerprint density at radius 1 is 1.27 bits per heavy atom. The molecule has 1 fully saturated rings. The molecule has 1 unspecified atom stereocenters. The second-order valence-corrected chi connectivity index (χ2v) is 5.79. The number of carbonyl (C=O) groups is 1. The Bertz CT molecular complexity index is 615. The molecule has 0 saturated carbocycles. The Morgan fingerprint density at radius 3 is 2.95 bits per heavy atom. The summed E-state index contributed by atoms with van der Waals surface area (Å²) >= 11 is 0. The van der Waals surface area contributed by atoms with Gasteiger partial charge in [-0.1, -0.05) is 30.3 Å². The molecule has 0 radical (unpaired) electrons. The van der Waals surface area contributed by atoms with Gasteiger partial charge in [-0.25, -0.2) is 0 Å². The minimum Gasteiger partial charge on any atom is -0.307 e. The van der Waals surface area contributed by atoms with Crippen molar-refractivity contribution in [1.82, 2.24) is 15.2 Å². The zero-order valence-electron chi connectivity index (χ0n) is 12.6. The number of hydrogen-bond acceptors (Lipinski definition) is 4. The van der Waals surface area contributed by atoms with Crippen LogP contribution in [0.15, 0.2) is 48.7 Å². The number of hydrogen-bond donors (Lipinski definition) is 1. The Kier molecular flexibility index (Phi) is 4.93. The summed E-state index contributed by atoms with van der Waals surface area (Å²) in [6.45, 7) is 3.90. The Balaban J connectivity index is 1.47. The van der Waals surface area contributed by atoms with Crippen LogP contribution in [0.25, 0.3) is 0 Å². The zero-order valence-corrected chi connectivity index (χ0v) is 12.6. The van der Waals surface area contributed by atoms with Crippen LogP contribution in [-0.4, -0.2) is 35.3 Å². The van der Waals surface area contributed by atoms with Gasteiger partial charge >= 0.3 is 0 Å². The first kappa shape index (κ1) is 14.9. The van der Waals surface area contributed by atoms with Gasteiger partial charge in [-0.3, -0.25) is 14.7 Å². The summed E-state index contributed by atoms with van der Waals surface area (Å²) in [7, 11) is 0. The molecule has 3 rings (SSSR count). The minimum atomic E-state index is 0.491.